The lowest BCUT2D eigenvalue weighted by Crippen LogP contribution is -2.51. The number of ether oxygens (including phenoxy) is 2. The van der Waals surface area contributed by atoms with Gasteiger partial charge in [0.25, 0.3) is 15.9 Å². The zero-order valence-corrected chi connectivity index (χ0v) is 30.8. The van der Waals surface area contributed by atoms with E-state index in [0.29, 0.717) is 35.7 Å². The maximum Gasteiger partial charge on any atom is 0.264 e. The van der Waals surface area contributed by atoms with Crippen molar-refractivity contribution in [3.8, 4) is 17.1 Å². The summed E-state index contributed by atoms with van der Waals surface area (Å²) >= 11 is 0. The summed E-state index contributed by atoms with van der Waals surface area (Å²) in [4.78, 5) is 37.1. The van der Waals surface area contributed by atoms with E-state index in [-0.39, 0.29) is 46.8 Å². The molecule has 1 saturated carbocycles. The van der Waals surface area contributed by atoms with Crippen LogP contribution in [0.3, 0.4) is 0 Å². The molecule has 2 unspecified atom stereocenters. The molecule has 2 aromatic heterocycles. The van der Waals surface area contributed by atoms with Crippen LogP contribution in [0.4, 0.5) is 11.8 Å². The molecule has 1 N–H and O–H groups in total. The first-order valence-electron chi connectivity index (χ1n) is 17.4. The number of carbonyl (C=O) groups is 1. The molecule has 4 heterocycles. The molecular weight excluding hydrogens is 667 g/mol. The van der Waals surface area contributed by atoms with Gasteiger partial charge in [0.05, 0.1) is 47.9 Å². The van der Waals surface area contributed by atoms with Gasteiger partial charge in [-0.3, -0.25) is 9.78 Å². The standard InChI is InChI=1S/C38H45N7O5S/c1-23-9-7-10-24(2)35(23)31-15-34-42-37(41-31)43-51(47,48)29-12-8-11-25(13-29)36(46)45(28(21-50-34)16-38(3,4)5)19-27-17-39-18-33(40-27)44(6)32-14-26-20-49-22-30(26)32/h7-13,15,17-18,26,28,30,32H,14,16,19-22H2,1-6H3,(H,41,42,43)/t26?,28-,30?,32-/m1/s1. The summed E-state index contributed by atoms with van der Waals surface area (Å²) in [6, 6.07) is 13.6. The Kier molecular flexibility index (Phi) is 9.21. The molecular formula is C38H45N7O5S. The van der Waals surface area contributed by atoms with Crippen molar-refractivity contribution in [3.63, 3.8) is 0 Å². The third kappa shape index (κ3) is 7.27. The molecule has 1 aliphatic carbocycles. The van der Waals surface area contributed by atoms with Gasteiger partial charge in [-0.1, -0.05) is 45.0 Å². The van der Waals surface area contributed by atoms with Crippen molar-refractivity contribution in [2.75, 3.05) is 36.5 Å². The predicted octanol–water partition coefficient (Wildman–Crippen LogP) is 5.66. The number of nitrogens with zero attached hydrogens (tertiary/aromatic N) is 6. The fourth-order valence-corrected chi connectivity index (χ4v) is 8.54. The molecule has 4 atom stereocenters. The molecule has 0 radical (unpaired) electrons. The van der Waals surface area contributed by atoms with Crippen molar-refractivity contribution in [1.82, 2.24) is 24.8 Å². The summed E-state index contributed by atoms with van der Waals surface area (Å²) in [5.41, 5.74) is 3.97. The average Bonchev–Trinajstić information content (AvgIpc) is 3.44. The summed E-state index contributed by atoms with van der Waals surface area (Å²) < 4.78 is 42.2. The van der Waals surface area contributed by atoms with Gasteiger partial charge in [-0.2, -0.15) is 4.98 Å². The number of sulfonamides is 1. The number of amides is 1. The molecule has 1 amide bonds. The topological polar surface area (TPSA) is 140 Å². The minimum Gasteiger partial charge on any atom is -0.475 e. The molecule has 0 spiro atoms. The van der Waals surface area contributed by atoms with Gasteiger partial charge >= 0.3 is 0 Å². The number of fused-ring (bicyclic) bond motifs is 5. The highest BCUT2D eigenvalue weighted by Gasteiger charge is 2.47. The molecule has 13 heteroatoms. The molecule has 51 heavy (non-hydrogen) atoms. The van der Waals surface area contributed by atoms with Crippen LogP contribution in [-0.4, -0.2) is 78.1 Å². The Morgan fingerprint density at radius 3 is 2.49 bits per heavy atom. The summed E-state index contributed by atoms with van der Waals surface area (Å²) in [5.74, 6) is 1.53. The van der Waals surface area contributed by atoms with E-state index in [4.69, 9.17) is 14.5 Å². The number of rotatable bonds is 6. The molecule has 3 aliphatic rings. The lowest BCUT2D eigenvalue weighted by Gasteiger charge is -2.44. The molecule has 12 nitrogen and oxygen atoms in total. The number of carbonyl (C=O) groups excluding carboxylic acids is 1. The zero-order chi connectivity index (χ0) is 36.1. The van der Waals surface area contributed by atoms with Crippen molar-refractivity contribution >= 4 is 27.7 Å². The van der Waals surface area contributed by atoms with Gasteiger partial charge in [0.1, 0.15) is 12.4 Å². The largest absolute Gasteiger partial charge is 0.475 e. The first-order chi connectivity index (χ1) is 24.3. The predicted molar refractivity (Wildman–Crippen MR) is 194 cm³/mol. The van der Waals surface area contributed by atoms with E-state index >= 15 is 0 Å². The van der Waals surface area contributed by atoms with Crippen LogP contribution >= 0.6 is 0 Å². The highest BCUT2D eigenvalue weighted by Crippen LogP contribution is 2.43. The first kappa shape index (κ1) is 34.8. The second-order valence-electron chi connectivity index (χ2n) is 15.2. The Morgan fingerprint density at radius 1 is 0.980 bits per heavy atom. The van der Waals surface area contributed by atoms with Crippen molar-refractivity contribution in [2.45, 2.75) is 71.0 Å². The van der Waals surface area contributed by atoms with E-state index in [0.717, 1.165) is 42.1 Å². The maximum atomic E-state index is 14.6. The van der Waals surface area contributed by atoms with Gasteiger partial charge in [-0.15, -0.1) is 0 Å². The van der Waals surface area contributed by atoms with Crippen molar-refractivity contribution in [3.05, 3.63) is 83.3 Å². The second kappa shape index (κ2) is 13.5. The molecule has 7 rings (SSSR count). The van der Waals surface area contributed by atoms with Gasteiger partial charge in [0.2, 0.25) is 11.8 Å². The molecule has 1 saturated heterocycles. The summed E-state index contributed by atoms with van der Waals surface area (Å²) in [5, 5.41) is 0. The van der Waals surface area contributed by atoms with Crippen molar-refractivity contribution < 1.29 is 22.7 Å². The Morgan fingerprint density at radius 2 is 1.75 bits per heavy atom. The van der Waals surface area contributed by atoms with Crippen LogP contribution in [0.15, 0.2) is 65.8 Å². The van der Waals surface area contributed by atoms with E-state index in [1.807, 2.05) is 39.1 Å². The number of hydrogen-bond acceptors (Lipinski definition) is 10. The minimum atomic E-state index is -4.18. The van der Waals surface area contributed by atoms with Gasteiger partial charge in [-0.25, -0.2) is 23.1 Å². The SMILES string of the molecule is Cc1cccc(C)c1-c1cc2nc(n1)NS(=O)(=O)c1cccc(c1)C(=O)N(Cc1cncc(N(C)[C@@H]3CC4COCC43)n1)[C@H](CC(C)(C)C)CO2. The van der Waals surface area contributed by atoms with Crippen LogP contribution in [0.2, 0.25) is 0 Å². The van der Waals surface area contributed by atoms with Gasteiger partial charge in [0.15, 0.2) is 0 Å². The lowest BCUT2D eigenvalue weighted by molar-refractivity contribution is 0.0509. The fourth-order valence-electron chi connectivity index (χ4n) is 7.55. The Bertz CT molecular complexity index is 2050. The summed E-state index contributed by atoms with van der Waals surface area (Å²) in [6.07, 6.45) is 5.06. The van der Waals surface area contributed by atoms with Crippen molar-refractivity contribution in [2.24, 2.45) is 17.3 Å². The number of aromatic nitrogens is 4. The van der Waals surface area contributed by atoms with Crippen LogP contribution in [-0.2, 0) is 21.3 Å². The molecule has 2 aromatic carbocycles. The number of benzene rings is 2. The van der Waals surface area contributed by atoms with Crippen LogP contribution in [0.25, 0.3) is 11.3 Å². The molecule has 268 valence electrons. The molecule has 4 bridgehead atoms. The molecule has 2 fully saturated rings. The molecule has 4 aromatic rings. The van der Waals surface area contributed by atoms with E-state index in [9.17, 15) is 13.2 Å². The van der Waals surface area contributed by atoms with Gasteiger partial charge in [0, 0.05) is 42.8 Å². The Balaban J connectivity index is 1.29. The first-order valence-corrected chi connectivity index (χ1v) is 18.9. The number of anilines is 2. The van der Waals surface area contributed by atoms with Gasteiger partial charge in [-0.05, 0) is 67.3 Å². The smallest absolute Gasteiger partial charge is 0.264 e. The van der Waals surface area contributed by atoms with Gasteiger partial charge < -0.3 is 19.3 Å². The highest BCUT2D eigenvalue weighted by atomic mass is 32.2. The lowest BCUT2D eigenvalue weighted by atomic mass is 9.71. The third-order valence-corrected chi connectivity index (χ3v) is 11.5. The Hall–Kier alpha value is -4.62. The molecule has 2 aliphatic heterocycles. The quantitative estimate of drug-likeness (QED) is 0.267. The Labute approximate surface area is 299 Å². The monoisotopic (exact) mass is 711 g/mol. The van der Waals surface area contributed by atoms with E-state index in [1.54, 1.807) is 35.5 Å². The fraction of sp³-hybridized carbons (Fsp3) is 0.447. The van der Waals surface area contributed by atoms with Crippen molar-refractivity contribution in [1.29, 1.82) is 0 Å². The average molecular weight is 712 g/mol. The maximum absolute atomic E-state index is 14.6. The number of aryl methyl sites for hydroxylation is 2. The van der Waals surface area contributed by atoms with E-state index in [2.05, 4.69) is 45.3 Å². The normalized spacial score (nSPS) is 22.7. The van der Waals surface area contributed by atoms with E-state index < -0.39 is 16.1 Å². The van der Waals surface area contributed by atoms with E-state index in [1.165, 1.54) is 12.1 Å². The zero-order valence-electron chi connectivity index (χ0n) is 30.0. The highest BCUT2D eigenvalue weighted by molar-refractivity contribution is 7.92. The van der Waals surface area contributed by atoms with Crippen LogP contribution in [0.5, 0.6) is 5.88 Å². The van der Waals surface area contributed by atoms with Crippen LogP contribution in [0, 0.1) is 31.1 Å². The third-order valence-electron chi connectivity index (χ3n) is 10.2. The van der Waals surface area contributed by atoms with Crippen LogP contribution in [0.1, 0.15) is 60.8 Å². The number of hydrogen-bond donors (Lipinski definition) is 1. The minimum absolute atomic E-state index is 0.0819. The summed E-state index contributed by atoms with van der Waals surface area (Å²) in [7, 11) is -2.15. The van der Waals surface area contributed by atoms with Crippen LogP contribution < -0.4 is 14.4 Å². The summed E-state index contributed by atoms with van der Waals surface area (Å²) in [6.45, 7) is 12.1. The number of nitrogens with one attached hydrogen (secondary N) is 1. The second-order valence-corrected chi connectivity index (χ2v) is 16.9.